The van der Waals surface area contributed by atoms with E-state index < -0.39 is 46.7 Å². The summed E-state index contributed by atoms with van der Waals surface area (Å²) in [7, 11) is 0. The zero-order valence-electron chi connectivity index (χ0n) is 17.9. The van der Waals surface area contributed by atoms with Gasteiger partial charge in [0.05, 0.1) is 11.0 Å². The van der Waals surface area contributed by atoms with Crippen LogP contribution in [0.3, 0.4) is 0 Å². The second-order valence-corrected chi connectivity index (χ2v) is 8.80. The van der Waals surface area contributed by atoms with Crippen molar-refractivity contribution in [2.24, 2.45) is 0 Å². The highest BCUT2D eigenvalue weighted by Crippen LogP contribution is 2.30. The summed E-state index contributed by atoms with van der Waals surface area (Å²) >= 11 is 1.40. The SMILES string of the molecule is CC1(c2ccc([N+](=O)[O-])cc2)NC(=O)N(CC(=O)NC(c2ccc(F)cc2)c2cccs2)C1=O. The van der Waals surface area contributed by atoms with E-state index in [2.05, 4.69) is 10.6 Å². The van der Waals surface area contributed by atoms with Gasteiger partial charge in [-0.3, -0.25) is 24.6 Å². The van der Waals surface area contributed by atoms with Crippen molar-refractivity contribution < 1.29 is 23.7 Å². The molecule has 1 aliphatic rings. The third-order valence-corrected chi connectivity index (χ3v) is 6.51. The molecule has 0 saturated carbocycles. The Morgan fingerprint density at radius 3 is 2.44 bits per heavy atom. The van der Waals surface area contributed by atoms with E-state index in [0.29, 0.717) is 11.1 Å². The predicted molar refractivity (Wildman–Crippen MR) is 121 cm³/mol. The molecule has 2 N–H and O–H groups in total. The number of non-ortho nitro benzene ring substituents is 1. The Labute approximate surface area is 197 Å². The van der Waals surface area contributed by atoms with Gasteiger partial charge in [-0.15, -0.1) is 11.3 Å². The molecule has 1 fully saturated rings. The predicted octanol–water partition coefficient (Wildman–Crippen LogP) is 3.47. The molecule has 0 aliphatic carbocycles. The number of amides is 4. The fourth-order valence-corrected chi connectivity index (χ4v) is 4.53. The van der Waals surface area contributed by atoms with Crippen molar-refractivity contribution in [2.45, 2.75) is 18.5 Å². The molecule has 1 aromatic heterocycles. The maximum Gasteiger partial charge on any atom is 0.325 e. The van der Waals surface area contributed by atoms with Crippen LogP contribution in [0.15, 0.2) is 66.0 Å². The summed E-state index contributed by atoms with van der Waals surface area (Å²) in [5.41, 5.74) is -0.635. The number of carbonyl (C=O) groups excluding carboxylic acids is 3. The van der Waals surface area contributed by atoms with E-state index in [1.165, 1.54) is 54.7 Å². The van der Waals surface area contributed by atoms with Gasteiger partial charge in [-0.2, -0.15) is 0 Å². The fourth-order valence-electron chi connectivity index (χ4n) is 3.73. The van der Waals surface area contributed by atoms with E-state index in [4.69, 9.17) is 0 Å². The molecule has 4 amide bonds. The van der Waals surface area contributed by atoms with Crippen LogP contribution in [-0.4, -0.2) is 34.2 Å². The summed E-state index contributed by atoms with van der Waals surface area (Å²) in [6, 6.07) is 13.2. The van der Waals surface area contributed by atoms with Gasteiger partial charge in [0, 0.05) is 17.0 Å². The average molecular weight is 482 g/mol. The number of nitrogens with one attached hydrogen (secondary N) is 2. The van der Waals surface area contributed by atoms with Crippen LogP contribution < -0.4 is 10.6 Å². The third-order valence-electron chi connectivity index (χ3n) is 5.57. The number of imide groups is 1. The third kappa shape index (κ3) is 4.37. The van der Waals surface area contributed by atoms with Gasteiger partial charge in [0.1, 0.15) is 17.9 Å². The molecule has 11 heteroatoms. The van der Waals surface area contributed by atoms with Crippen molar-refractivity contribution in [3.05, 3.63) is 98.0 Å². The average Bonchev–Trinajstić information content (AvgIpc) is 3.42. The molecule has 2 atom stereocenters. The smallest absolute Gasteiger partial charge is 0.325 e. The summed E-state index contributed by atoms with van der Waals surface area (Å²) in [4.78, 5) is 50.5. The van der Waals surface area contributed by atoms with Crippen LogP contribution in [-0.2, 0) is 15.1 Å². The Morgan fingerprint density at radius 1 is 1.18 bits per heavy atom. The minimum atomic E-state index is -1.48. The molecule has 9 nitrogen and oxygen atoms in total. The maximum atomic E-state index is 13.4. The number of nitro groups is 1. The largest absolute Gasteiger partial charge is 0.343 e. The maximum absolute atomic E-state index is 13.4. The van der Waals surface area contributed by atoms with Crippen molar-refractivity contribution >= 4 is 34.9 Å². The molecule has 1 aliphatic heterocycles. The lowest BCUT2D eigenvalue weighted by molar-refractivity contribution is -0.384. The highest BCUT2D eigenvalue weighted by Gasteiger charge is 2.49. The van der Waals surface area contributed by atoms with Crippen LogP contribution in [0.2, 0.25) is 0 Å². The number of hydrogen-bond acceptors (Lipinski definition) is 6. The Balaban J connectivity index is 1.52. The van der Waals surface area contributed by atoms with Gasteiger partial charge >= 0.3 is 6.03 Å². The minimum Gasteiger partial charge on any atom is -0.343 e. The van der Waals surface area contributed by atoms with Crippen LogP contribution in [0, 0.1) is 15.9 Å². The number of thiophene rings is 1. The molecular weight excluding hydrogens is 463 g/mol. The quantitative estimate of drug-likeness (QED) is 0.303. The minimum absolute atomic E-state index is 0.152. The van der Waals surface area contributed by atoms with E-state index in [0.717, 1.165) is 9.78 Å². The molecule has 0 radical (unpaired) electrons. The Morgan fingerprint density at radius 2 is 1.85 bits per heavy atom. The van der Waals surface area contributed by atoms with Gasteiger partial charge in [0.25, 0.3) is 11.6 Å². The summed E-state index contributed by atoms with van der Waals surface area (Å²) in [6.45, 7) is 0.940. The van der Waals surface area contributed by atoms with Crippen molar-refractivity contribution in [3.63, 3.8) is 0 Å². The number of urea groups is 1. The van der Waals surface area contributed by atoms with Crippen LogP contribution in [0.25, 0.3) is 0 Å². The second-order valence-electron chi connectivity index (χ2n) is 7.82. The first-order valence-corrected chi connectivity index (χ1v) is 11.0. The standard InChI is InChI=1S/C23H19FN4O5S/c1-23(15-6-10-17(11-7-15)28(32)33)21(30)27(22(31)26-23)13-19(29)25-20(18-3-2-12-34-18)14-4-8-16(24)9-5-14/h2-12,20H,13H2,1H3,(H,25,29)(H,26,31). The number of halogens is 1. The van der Waals surface area contributed by atoms with Gasteiger partial charge in [-0.1, -0.05) is 18.2 Å². The number of carbonyl (C=O) groups is 3. The molecule has 0 bridgehead atoms. The first kappa shape index (κ1) is 23.1. The Bertz CT molecular complexity index is 1250. The molecule has 2 unspecified atom stereocenters. The monoisotopic (exact) mass is 482 g/mol. The van der Waals surface area contributed by atoms with Crippen molar-refractivity contribution in [1.29, 1.82) is 0 Å². The van der Waals surface area contributed by atoms with E-state index >= 15 is 0 Å². The van der Waals surface area contributed by atoms with E-state index in [1.807, 2.05) is 17.5 Å². The van der Waals surface area contributed by atoms with E-state index in [9.17, 15) is 28.9 Å². The van der Waals surface area contributed by atoms with Gasteiger partial charge in [0.2, 0.25) is 5.91 Å². The Kier molecular flexibility index (Phi) is 6.12. The fraction of sp³-hybridized carbons (Fsp3) is 0.174. The van der Waals surface area contributed by atoms with Crippen LogP contribution in [0.1, 0.15) is 29.0 Å². The van der Waals surface area contributed by atoms with Crippen LogP contribution in [0.5, 0.6) is 0 Å². The van der Waals surface area contributed by atoms with Crippen LogP contribution >= 0.6 is 11.3 Å². The molecule has 34 heavy (non-hydrogen) atoms. The molecule has 2 aromatic carbocycles. The van der Waals surface area contributed by atoms with Crippen molar-refractivity contribution in [3.8, 4) is 0 Å². The zero-order chi connectivity index (χ0) is 24.5. The summed E-state index contributed by atoms with van der Waals surface area (Å²) < 4.78 is 13.4. The van der Waals surface area contributed by atoms with Gasteiger partial charge in [-0.05, 0) is 53.8 Å². The highest BCUT2D eigenvalue weighted by atomic mass is 32.1. The molecule has 174 valence electrons. The number of hydrogen-bond donors (Lipinski definition) is 2. The van der Waals surface area contributed by atoms with Crippen LogP contribution in [0.4, 0.5) is 14.9 Å². The van der Waals surface area contributed by atoms with E-state index in [-0.39, 0.29) is 5.69 Å². The number of nitrogens with zero attached hydrogens (tertiary/aromatic N) is 2. The lowest BCUT2D eigenvalue weighted by Crippen LogP contribution is -2.44. The summed E-state index contributed by atoms with van der Waals surface area (Å²) in [5, 5.41) is 18.1. The van der Waals surface area contributed by atoms with Crippen molar-refractivity contribution in [2.75, 3.05) is 6.54 Å². The normalized spacial score (nSPS) is 18.5. The van der Waals surface area contributed by atoms with Gasteiger partial charge < -0.3 is 10.6 Å². The van der Waals surface area contributed by atoms with Crippen molar-refractivity contribution in [1.82, 2.24) is 15.5 Å². The summed E-state index contributed by atoms with van der Waals surface area (Å²) in [6.07, 6.45) is 0. The molecule has 1 saturated heterocycles. The van der Waals surface area contributed by atoms with E-state index in [1.54, 1.807) is 12.1 Å². The lowest BCUT2D eigenvalue weighted by Gasteiger charge is -2.23. The number of nitro benzene ring substituents is 1. The molecule has 3 aromatic rings. The molecule has 0 spiro atoms. The zero-order valence-corrected chi connectivity index (χ0v) is 18.7. The lowest BCUT2D eigenvalue weighted by atomic mass is 9.92. The highest BCUT2D eigenvalue weighted by molar-refractivity contribution is 7.10. The Hall–Kier alpha value is -4.12. The first-order valence-electron chi connectivity index (χ1n) is 10.2. The molecule has 4 rings (SSSR count). The molecule has 2 heterocycles. The first-order chi connectivity index (χ1) is 16.2. The van der Waals surface area contributed by atoms with Gasteiger partial charge in [-0.25, -0.2) is 9.18 Å². The topological polar surface area (TPSA) is 122 Å². The molecular formula is C23H19FN4O5S. The number of rotatable bonds is 7. The number of benzene rings is 2. The summed E-state index contributed by atoms with van der Waals surface area (Å²) in [5.74, 6) is -1.65. The van der Waals surface area contributed by atoms with Gasteiger partial charge in [0.15, 0.2) is 0 Å². The second kappa shape index (κ2) is 9.02.